The molecule has 0 aliphatic carbocycles. The van der Waals surface area contributed by atoms with Crippen LogP contribution >= 0.6 is 0 Å². The molecule has 5 rings (SSSR count). The van der Waals surface area contributed by atoms with E-state index in [9.17, 15) is 9.59 Å². The van der Waals surface area contributed by atoms with Crippen molar-refractivity contribution in [2.24, 2.45) is 0 Å². The zero-order chi connectivity index (χ0) is 26.6. The summed E-state index contributed by atoms with van der Waals surface area (Å²) in [5.41, 5.74) is 3.50. The van der Waals surface area contributed by atoms with Crippen LogP contribution in [0.15, 0.2) is 28.8 Å². The predicted molar refractivity (Wildman–Crippen MR) is 141 cm³/mol. The van der Waals surface area contributed by atoms with Gasteiger partial charge in [0.05, 0.1) is 19.3 Å². The fourth-order valence-corrected chi connectivity index (χ4v) is 4.73. The maximum Gasteiger partial charge on any atom is 0.410 e. The lowest BCUT2D eigenvalue weighted by Gasteiger charge is -2.31. The van der Waals surface area contributed by atoms with Crippen molar-refractivity contribution in [1.82, 2.24) is 25.3 Å². The standard InChI is InChI=1S/C26H33N7O5/c1-16(2)37-26(35)33-10-8-17(9-11-33)20-21-22(38-31-20)24(32-12-14-36-15-13-32)30-23(29-21)18-4-6-19(7-5-18)28-25(34)27-3/h4-7,16-17H,8-15H2,1-3H3,(H2,27,28,34). The average molecular weight is 524 g/mol. The minimum absolute atomic E-state index is 0.0961. The summed E-state index contributed by atoms with van der Waals surface area (Å²) in [5.74, 6) is 1.34. The number of carbonyl (C=O) groups is 2. The number of anilines is 2. The van der Waals surface area contributed by atoms with Crippen molar-refractivity contribution in [3.63, 3.8) is 0 Å². The first-order chi connectivity index (χ1) is 18.4. The first kappa shape index (κ1) is 25.7. The van der Waals surface area contributed by atoms with E-state index < -0.39 is 0 Å². The molecule has 2 saturated heterocycles. The van der Waals surface area contributed by atoms with Crippen LogP contribution in [-0.4, -0.2) is 84.7 Å². The van der Waals surface area contributed by atoms with Crippen LogP contribution in [0.2, 0.25) is 0 Å². The van der Waals surface area contributed by atoms with E-state index in [1.807, 2.05) is 38.1 Å². The molecule has 3 amide bonds. The van der Waals surface area contributed by atoms with Crippen LogP contribution in [0, 0.1) is 0 Å². The van der Waals surface area contributed by atoms with Crippen molar-refractivity contribution < 1.29 is 23.6 Å². The van der Waals surface area contributed by atoms with Gasteiger partial charge >= 0.3 is 12.1 Å². The van der Waals surface area contributed by atoms with Crippen molar-refractivity contribution in [1.29, 1.82) is 0 Å². The first-order valence-electron chi connectivity index (χ1n) is 13.0. The number of carbonyl (C=O) groups excluding carboxylic acids is 2. The van der Waals surface area contributed by atoms with Gasteiger partial charge in [0.1, 0.15) is 11.2 Å². The highest BCUT2D eigenvalue weighted by Crippen LogP contribution is 2.36. The van der Waals surface area contributed by atoms with E-state index in [-0.39, 0.29) is 24.1 Å². The molecule has 0 spiro atoms. The largest absolute Gasteiger partial charge is 0.447 e. The molecule has 3 aromatic rings. The van der Waals surface area contributed by atoms with Crippen LogP contribution < -0.4 is 15.5 Å². The van der Waals surface area contributed by atoms with Gasteiger partial charge in [-0.2, -0.15) is 0 Å². The quantitative estimate of drug-likeness (QED) is 0.514. The summed E-state index contributed by atoms with van der Waals surface area (Å²) in [6.07, 6.45) is 1.04. The number of ether oxygens (including phenoxy) is 2. The fraction of sp³-hybridized carbons (Fsp3) is 0.500. The normalized spacial score (nSPS) is 16.6. The highest BCUT2D eigenvalue weighted by molar-refractivity contribution is 5.90. The van der Waals surface area contributed by atoms with Gasteiger partial charge in [0.15, 0.2) is 11.6 Å². The van der Waals surface area contributed by atoms with E-state index in [1.54, 1.807) is 11.9 Å². The average Bonchev–Trinajstić information content (AvgIpc) is 3.37. The van der Waals surface area contributed by atoms with E-state index in [1.165, 1.54) is 0 Å². The first-order valence-corrected chi connectivity index (χ1v) is 13.0. The van der Waals surface area contributed by atoms with Crippen LogP contribution in [0.25, 0.3) is 22.5 Å². The number of fused-ring (bicyclic) bond motifs is 1. The molecule has 1 aromatic carbocycles. The second kappa shape index (κ2) is 11.2. The van der Waals surface area contributed by atoms with Crippen molar-refractivity contribution in [2.45, 2.75) is 38.7 Å². The molecule has 0 atom stereocenters. The minimum atomic E-state index is -0.289. The molecule has 12 heteroatoms. The number of nitrogens with zero attached hydrogens (tertiary/aromatic N) is 5. The Morgan fingerprint density at radius 1 is 1.05 bits per heavy atom. The molecule has 2 aliphatic rings. The van der Waals surface area contributed by atoms with Crippen LogP contribution in [0.5, 0.6) is 0 Å². The van der Waals surface area contributed by atoms with Gasteiger partial charge in [0.25, 0.3) is 0 Å². The number of morpholine rings is 1. The molecule has 2 aliphatic heterocycles. The monoisotopic (exact) mass is 523 g/mol. The van der Waals surface area contributed by atoms with Gasteiger partial charge in [0, 0.05) is 50.4 Å². The summed E-state index contributed by atoms with van der Waals surface area (Å²) in [7, 11) is 1.57. The van der Waals surface area contributed by atoms with E-state index in [2.05, 4.69) is 20.7 Å². The molecule has 2 aromatic heterocycles. The lowest BCUT2D eigenvalue weighted by atomic mass is 9.93. The summed E-state index contributed by atoms with van der Waals surface area (Å²) >= 11 is 0. The van der Waals surface area contributed by atoms with Gasteiger partial charge in [-0.3, -0.25) is 0 Å². The third-order valence-electron chi connectivity index (χ3n) is 6.74. The Morgan fingerprint density at radius 2 is 1.76 bits per heavy atom. The second-order valence-electron chi connectivity index (χ2n) is 9.69. The highest BCUT2D eigenvalue weighted by atomic mass is 16.6. The number of aromatic nitrogens is 3. The van der Waals surface area contributed by atoms with E-state index in [4.69, 9.17) is 24.0 Å². The number of nitrogens with one attached hydrogen (secondary N) is 2. The summed E-state index contributed by atoms with van der Waals surface area (Å²) in [5, 5.41) is 9.76. The summed E-state index contributed by atoms with van der Waals surface area (Å²) < 4.78 is 16.8. The molecule has 0 unspecified atom stereocenters. The molecule has 202 valence electrons. The highest BCUT2D eigenvalue weighted by Gasteiger charge is 2.31. The number of benzene rings is 1. The number of rotatable bonds is 5. The maximum absolute atomic E-state index is 12.3. The molecule has 12 nitrogen and oxygen atoms in total. The zero-order valence-electron chi connectivity index (χ0n) is 21.9. The Hall–Kier alpha value is -3.93. The van der Waals surface area contributed by atoms with E-state index >= 15 is 0 Å². The predicted octanol–water partition coefficient (Wildman–Crippen LogP) is 3.60. The Morgan fingerprint density at radius 3 is 2.42 bits per heavy atom. The van der Waals surface area contributed by atoms with Crippen LogP contribution in [0.3, 0.4) is 0 Å². The van der Waals surface area contributed by atoms with E-state index in [0.717, 1.165) is 24.1 Å². The third-order valence-corrected chi connectivity index (χ3v) is 6.74. The maximum atomic E-state index is 12.3. The van der Waals surface area contributed by atoms with Crippen LogP contribution in [0.4, 0.5) is 21.1 Å². The van der Waals surface area contributed by atoms with Crippen molar-refractivity contribution in [2.75, 3.05) is 56.7 Å². The van der Waals surface area contributed by atoms with Gasteiger partial charge in [0.2, 0.25) is 5.58 Å². The van der Waals surface area contributed by atoms with Crippen molar-refractivity contribution >= 4 is 34.7 Å². The number of hydrogen-bond donors (Lipinski definition) is 2. The summed E-state index contributed by atoms with van der Waals surface area (Å²) in [6, 6.07) is 7.09. The van der Waals surface area contributed by atoms with Gasteiger partial charge in [-0.05, 0) is 51.0 Å². The fourth-order valence-electron chi connectivity index (χ4n) is 4.73. The molecule has 0 bridgehead atoms. The lowest BCUT2D eigenvalue weighted by molar-refractivity contribution is 0.0689. The van der Waals surface area contributed by atoms with Crippen molar-refractivity contribution in [3.05, 3.63) is 30.0 Å². The van der Waals surface area contributed by atoms with Crippen LogP contribution in [0.1, 0.15) is 38.3 Å². The zero-order valence-corrected chi connectivity index (χ0v) is 21.9. The van der Waals surface area contributed by atoms with Gasteiger partial charge in [-0.25, -0.2) is 19.6 Å². The Bertz CT molecular complexity index is 1280. The molecule has 0 radical (unpaired) electrons. The number of amides is 3. The topological polar surface area (TPSA) is 135 Å². The minimum Gasteiger partial charge on any atom is -0.447 e. The SMILES string of the molecule is CNC(=O)Nc1ccc(-c2nc(N3CCOCC3)c3onc(C4CCN(C(=O)OC(C)C)CC4)c3n2)cc1. The number of piperidine rings is 1. The van der Waals surface area contributed by atoms with Gasteiger partial charge in [-0.15, -0.1) is 0 Å². The molecule has 2 N–H and O–H groups in total. The Kier molecular flexibility index (Phi) is 7.59. The van der Waals surface area contributed by atoms with Gasteiger partial charge in [-0.1, -0.05) is 5.16 Å². The molecular weight excluding hydrogens is 490 g/mol. The molecule has 0 saturated carbocycles. The van der Waals surface area contributed by atoms with Crippen LogP contribution in [-0.2, 0) is 9.47 Å². The summed E-state index contributed by atoms with van der Waals surface area (Å²) in [6.45, 7) is 7.44. The summed E-state index contributed by atoms with van der Waals surface area (Å²) in [4.78, 5) is 37.7. The number of urea groups is 1. The van der Waals surface area contributed by atoms with Crippen molar-refractivity contribution in [3.8, 4) is 11.4 Å². The number of hydrogen-bond acceptors (Lipinski definition) is 9. The Labute approximate surface area is 220 Å². The molecule has 4 heterocycles. The molecule has 38 heavy (non-hydrogen) atoms. The smallest absolute Gasteiger partial charge is 0.410 e. The van der Waals surface area contributed by atoms with Gasteiger partial charge < -0.3 is 34.4 Å². The second-order valence-corrected chi connectivity index (χ2v) is 9.69. The lowest BCUT2D eigenvalue weighted by Crippen LogP contribution is -2.39. The number of likely N-dealkylation sites (tertiary alicyclic amines) is 1. The molecule has 2 fully saturated rings. The Balaban J connectivity index is 1.46. The molecular formula is C26H33N7O5. The van der Waals surface area contributed by atoms with E-state index in [0.29, 0.717) is 67.8 Å². The third kappa shape index (κ3) is 5.49.